The highest BCUT2D eigenvalue weighted by Gasteiger charge is 2.41. The van der Waals surface area contributed by atoms with E-state index in [2.05, 4.69) is 0 Å². The summed E-state index contributed by atoms with van der Waals surface area (Å²) in [6, 6.07) is 0. The van der Waals surface area contributed by atoms with Gasteiger partial charge in [0.15, 0.2) is 6.10 Å². The van der Waals surface area contributed by atoms with Crippen LogP contribution in [0.25, 0.3) is 0 Å². The van der Waals surface area contributed by atoms with Crippen molar-refractivity contribution in [1.29, 1.82) is 0 Å². The van der Waals surface area contributed by atoms with Crippen LogP contribution in [0.1, 0.15) is 88.5 Å². The molecule has 0 fully saturated rings. The van der Waals surface area contributed by atoms with Crippen LogP contribution in [-0.2, 0) is 47.7 Å². The molecule has 0 spiro atoms. The Hall–Kier alpha value is -2.89. The number of esters is 5. The molecule has 0 saturated carbocycles. The van der Waals surface area contributed by atoms with Crippen LogP contribution in [-0.4, -0.2) is 129 Å². The molecule has 0 aromatic heterocycles. The van der Waals surface area contributed by atoms with Gasteiger partial charge in [0.05, 0.1) is 6.61 Å². The normalized spacial score (nSPS) is 19.0. The molecule has 0 radical (unpaired) electrons. The Morgan fingerprint density at radius 3 is 1.14 bits per heavy atom. The second kappa shape index (κ2) is 22.8. The molecule has 6 N–H and O–H groups in total. The van der Waals surface area contributed by atoms with Crippen LogP contribution in [0.15, 0.2) is 0 Å². The van der Waals surface area contributed by atoms with Crippen molar-refractivity contribution in [2.24, 2.45) is 29.6 Å². The molecule has 0 rings (SSSR count). The Labute approximate surface area is 294 Å². The minimum Gasteiger partial charge on any atom is -0.460 e. The van der Waals surface area contributed by atoms with E-state index in [-0.39, 0.29) is 0 Å². The van der Waals surface area contributed by atoms with Crippen molar-refractivity contribution in [1.82, 2.24) is 0 Å². The van der Waals surface area contributed by atoms with Gasteiger partial charge in [0.2, 0.25) is 24.4 Å². The Bertz CT molecular complexity index is 1060. The highest BCUT2D eigenvalue weighted by atomic mass is 16.6. The lowest BCUT2D eigenvalue weighted by Crippen LogP contribution is -2.48. The van der Waals surface area contributed by atoms with Gasteiger partial charge in [0.1, 0.15) is 31.0 Å². The monoisotopic (exact) mass is 724 g/mol. The number of carbonyl (C=O) groups excluding carboxylic acids is 5. The molecule has 16 heteroatoms. The van der Waals surface area contributed by atoms with E-state index >= 15 is 0 Å². The number of aliphatic hydroxyl groups is 6. The highest BCUT2D eigenvalue weighted by Crippen LogP contribution is 2.23. The molecule has 0 amide bonds. The quantitative estimate of drug-likeness (QED) is 0.0617. The van der Waals surface area contributed by atoms with Crippen molar-refractivity contribution >= 4 is 29.8 Å². The van der Waals surface area contributed by atoms with E-state index in [0.717, 1.165) is 0 Å². The summed E-state index contributed by atoms with van der Waals surface area (Å²) in [5, 5.41) is 58.4. The molecular weight excluding hydrogens is 664 g/mol. The van der Waals surface area contributed by atoms with Gasteiger partial charge in [0.25, 0.3) is 0 Å². The maximum Gasteiger partial charge on any atom is 0.348 e. The second-order valence-corrected chi connectivity index (χ2v) is 13.4. The minimum absolute atomic E-state index is 0.313. The summed E-state index contributed by atoms with van der Waals surface area (Å²) in [5.74, 6) is -8.38. The van der Waals surface area contributed by atoms with Gasteiger partial charge in [-0.15, -0.1) is 0 Å². The molecule has 0 aliphatic carbocycles. The van der Waals surface area contributed by atoms with Gasteiger partial charge >= 0.3 is 29.8 Å². The standard InChI is InChI=1S/C34H60O16/c1-11-18(8)27(48-30(41)23(38)16(4)5)33(44)50-29(20(10)13-3)34(45)49-28(19(9)12-2)32(43)47-26(17(6)7)31(42)46-15-22(37)25(40)24(39)21(36)14-35/h16-29,35-40H,11-15H2,1-10H3. The minimum atomic E-state index is -1.99. The third-order valence-corrected chi connectivity index (χ3v) is 8.58. The first-order valence-corrected chi connectivity index (χ1v) is 17.2. The van der Waals surface area contributed by atoms with Gasteiger partial charge in [-0.2, -0.15) is 0 Å². The van der Waals surface area contributed by atoms with E-state index in [1.54, 1.807) is 55.4 Å². The fraction of sp³-hybridized carbons (Fsp3) is 0.853. The summed E-state index contributed by atoms with van der Waals surface area (Å²) < 4.78 is 26.9. The second-order valence-electron chi connectivity index (χ2n) is 13.4. The molecule has 50 heavy (non-hydrogen) atoms. The van der Waals surface area contributed by atoms with E-state index < -0.39 is 128 Å². The Morgan fingerprint density at radius 2 is 0.820 bits per heavy atom. The third kappa shape index (κ3) is 14.4. The van der Waals surface area contributed by atoms with E-state index in [0.29, 0.717) is 19.3 Å². The van der Waals surface area contributed by atoms with E-state index in [1.165, 1.54) is 13.8 Å². The molecule has 0 heterocycles. The van der Waals surface area contributed by atoms with Crippen molar-refractivity contribution in [2.75, 3.05) is 13.2 Å². The largest absolute Gasteiger partial charge is 0.460 e. The maximum absolute atomic E-state index is 13.6. The van der Waals surface area contributed by atoms with Crippen LogP contribution in [0, 0.1) is 29.6 Å². The zero-order valence-electron chi connectivity index (χ0n) is 30.9. The summed E-state index contributed by atoms with van der Waals surface area (Å²) >= 11 is 0. The summed E-state index contributed by atoms with van der Waals surface area (Å²) in [4.78, 5) is 65.7. The van der Waals surface area contributed by atoms with Crippen LogP contribution < -0.4 is 0 Å². The molecule has 0 aromatic carbocycles. The molecule has 0 aromatic rings. The average Bonchev–Trinajstić information content (AvgIpc) is 3.09. The predicted molar refractivity (Wildman–Crippen MR) is 176 cm³/mol. The summed E-state index contributed by atoms with van der Waals surface area (Å²) in [7, 11) is 0. The molecule has 0 saturated heterocycles. The van der Waals surface area contributed by atoms with Crippen LogP contribution in [0.3, 0.4) is 0 Å². The van der Waals surface area contributed by atoms with Gasteiger partial charge in [-0.05, 0) is 25.2 Å². The highest BCUT2D eigenvalue weighted by molar-refractivity contribution is 5.87. The van der Waals surface area contributed by atoms with Crippen molar-refractivity contribution in [3.05, 3.63) is 0 Å². The number of ether oxygens (including phenoxy) is 5. The SMILES string of the molecule is CCC(C)C(OC(=O)C(O)C(C)C)C(=O)OC(C(=O)OC(C(=O)OC(C(=O)OCC(O)C(O)C(O)C(O)CO)C(C)C)C(C)CC)C(C)CC. The summed E-state index contributed by atoms with van der Waals surface area (Å²) in [5.41, 5.74) is 0. The van der Waals surface area contributed by atoms with Gasteiger partial charge in [-0.25, -0.2) is 24.0 Å². The molecule has 292 valence electrons. The number of hydrogen-bond donors (Lipinski definition) is 6. The summed E-state index contributed by atoms with van der Waals surface area (Å²) in [6.07, 6.45) is -14.2. The molecule has 0 bridgehead atoms. The fourth-order valence-corrected chi connectivity index (χ4v) is 4.24. The molecular formula is C34H60O16. The lowest BCUT2D eigenvalue weighted by molar-refractivity contribution is -0.196. The van der Waals surface area contributed by atoms with Crippen molar-refractivity contribution < 1.29 is 78.3 Å². The fourth-order valence-electron chi connectivity index (χ4n) is 4.24. The molecule has 12 atom stereocenters. The zero-order chi connectivity index (χ0) is 39.0. The van der Waals surface area contributed by atoms with Gasteiger partial charge in [0, 0.05) is 23.7 Å². The average molecular weight is 725 g/mol. The first-order chi connectivity index (χ1) is 23.2. The molecule has 12 unspecified atom stereocenters. The third-order valence-electron chi connectivity index (χ3n) is 8.58. The lowest BCUT2D eigenvalue weighted by Gasteiger charge is -2.30. The van der Waals surface area contributed by atoms with Crippen molar-refractivity contribution in [3.63, 3.8) is 0 Å². The van der Waals surface area contributed by atoms with E-state index in [4.69, 9.17) is 28.8 Å². The number of rotatable bonds is 23. The van der Waals surface area contributed by atoms with Crippen LogP contribution in [0.4, 0.5) is 0 Å². The topological polar surface area (TPSA) is 253 Å². The van der Waals surface area contributed by atoms with Gasteiger partial charge in [-0.3, -0.25) is 0 Å². The Kier molecular flexibility index (Phi) is 21.5. The smallest absolute Gasteiger partial charge is 0.348 e. The van der Waals surface area contributed by atoms with Crippen molar-refractivity contribution in [3.8, 4) is 0 Å². The maximum atomic E-state index is 13.6. The first kappa shape index (κ1) is 47.1. The van der Waals surface area contributed by atoms with E-state index in [1.807, 2.05) is 0 Å². The molecule has 16 nitrogen and oxygen atoms in total. The Morgan fingerprint density at radius 1 is 0.480 bits per heavy atom. The van der Waals surface area contributed by atoms with E-state index in [9.17, 15) is 49.5 Å². The number of carbonyl (C=O) groups is 5. The zero-order valence-corrected chi connectivity index (χ0v) is 30.9. The number of hydrogen-bond acceptors (Lipinski definition) is 16. The molecule has 0 aliphatic rings. The van der Waals surface area contributed by atoms with Gasteiger partial charge < -0.3 is 54.3 Å². The van der Waals surface area contributed by atoms with Crippen molar-refractivity contribution in [2.45, 2.75) is 143 Å². The molecule has 0 aliphatic heterocycles. The number of aliphatic hydroxyl groups excluding tert-OH is 6. The lowest BCUT2D eigenvalue weighted by atomic mass is 9.99. The van der Waals surface area contributed by atoms with Gasteiger partial charge in [-0.1, -0.05) is 69.2 Å². The predicted octanol–water partition coefficient (Wildman–Crippen LogP) is 0.424. The van der Waals surface area contributed by atoms with Crippen LogP contribution in [0.2, 0.25) is 0 Å². The first-order valence-electron chi connectivity index (χ1n) is 17.2. The Balaban J connectivity index is 6.03. The van der Waals surface area contributed by atoms with Crippen LogP contribution >= 0.6 is 0 Å². The summed E-state index contributed by atoms with van der Waals surface area (Å²) in [6.45, 7) is 14.5. The van der Waals surface area contributed by atoms with Crippen LogP contribution in [0.5, 0.6) is 0 Å².